The summed E-state index contributed by atoms with van der Waals surface area (Å²) in [7, 11) is 0. The molecule has 8 nitrogen and oxygen atoms in total. The monoisotopic (exact) mass is 496 g/mol. The number of carbonyl (C=O) groups is 2. The Bertz CT molecular complexity index is 1300. The number of nitriles is 1. The smallest absolute Gasteiger partial charge is 0.254 e. The molecular weight excluding hydrogens is 464 g/mol. The highest BCUT2D eigenvalue weighted by Crippen LogP contribution is 2.39. The summed E-state index contributed by atoms with van der Waals surface area (Å²) in [4.78, 5) is 24.4. The quantitative estimate of drug-likeness (QED) is 0.406. The van der Waals surface area contributed by atoms with Crippen LogP contribution in [0.5, 0.6) is 0 Å². The number of amides is 2. The molecule has 0 bridgehead atoms. The lowest BCUT2D eigenvalue weighted by atomic mass is 9.77. The van der Waals surface area contributed by atoms with Gasteiger partial charge in [-0.25, -0.2) is 0 Å². The maximum absolute atomic E-state index is 12.3. The zero-order valence-corrected chi connectivity index (χ0v) is 20.8. The minimum atomic E-state index is -0.641. The number of nitrogens with zero attached hydrogens (tertiary/aromatic N) is 3. The first-order valence-corrected chi connectivity index (χ1v) is 12.9. The van der Waals surface area contributed by atoms with Gasteiger partial charge in [-0.1, -0.05) is 54.6 Å². The highest BCUT2D eigenvalue weighted by atomic mass is 16.2. The lowest BCUT2D eigenvalue weighted by Crippen LogP contribution is -2.43. The Labute approximate surface area is 216 Å². The van der Waals surface area contributed by atoms with Crippen LogP contribution in [0, 0.1) is 17.2 Å². The Morgan fingerprint density at radius 2 is 1.70 bits per heavy atom. The Hall–Kier alpha value is -3.96. The number of anilines is 1. The van der Waals surface area contributed by atoms with E-state index >= 15 is 0 Å². The number of hydrogen-bond donors (Lipinski definition) is 3. The van der Waals surface area contributed by atoms with Gasteiger partial charge in [0.25, 0.3) is 5.91 Å². The van der Waals surface area contributed by atoms with E-state index in [1.165, 1.54) is 16.7 Å². The van der Waals surface area contributed by atoms with E-state index < -0.39 is 11.4 Å². The fraction of sp³-hybridized carbons (Fsp3) is 0.379. The molecule has 2 aromatic carbocycles. The summed E-state index contributed by atoms with van der Waals surface area (Å²) in [6, 6.07) is 21.6. The van der Waals surface area contributed by atoms with E-state index in [1.54, 1.807) is 10.9 Å². The minimum absolute atomic E-state index is 0.0185. The van der Waals surface area contributed by atoms with Crippen LogP contribution in [-0.4, -0.2) is 27.6 Å². The maximum atomic E-state index is 12.3. The molecule has 8 heteroatoms. The van der Waals surface area contributed by atoms with Crippen molar-refractivity contribution < 1.29 is 9.59 Å². The highest BCUT2D eigenvalue weighted by Gasteiger charge is 2.39. The van der Waals surface area contributed by atoms with Crippen LogP contribution in [0.4, 0.5) is 5.82 Å². The van der Waals surface area contributed by atoms with Crippen LogP contribution in [0.15, 0.2) is 60.8 Å². The van der Waals surface area contributed by atoms with Crippen LogP contribution >= 0.6 is 0 Å². The Morgan fingerprint density at radius 1 is 1.03 bits per heavy atom. The van der Waals surface area contributed by atoms with Gasteiger partial charge in [-0.3, -0.25) is 14.3 Å². The first kappa shape index (κ1) is 24.7. The van der Waals surface area contributed by atoms with Crippen molar-refractivity contribution in [1.82, 2.24) is 15.1 Å². The number of nitrogens with two attached hydrogens (primary N) is 1. The van der Waals surface area contributed by atoms with E-state index in [2.05, 4.69) is 58.2 Å². The van der Waals surface area contributed by atoms with Gasteiger partial charge in [-0.2, -0.15) is 10.4 Å². The third kappa shape index (κ3) is 5.57. The predicted molar refractivity (Wildman–Crippen MR) is 141 cm³/mol. The number of rotatable bonds is 9. The van der Waals surface area contributed by atoms with E-state index in [0.717, 1.165) is 45.1 Å². The average molecular weight is 497 g/mol. The SMILES string of the molecule is N#CC[C@]1(n2cc(C(N)=O)c(NC(=O)C3CC3)n2)CC[C@@H](NCc2ccc(-c3ccccc3)cc2)CC1. The van der Waals surface area contributed by atoms with Crippen LogP contribution in [0.25, 0.3) is 11.1 Å². The van der Waals surface area contributed by atoms with Crippen molar-refractivity contribution in [2.75, 3.05) is 5.32 Å². The van der Waals surface area contributed by atoms with E-state index in [4.69, 9.17) is 5.73 Å². The largest absolute Gasteiger partial charge is 0.365 e. The van der Waals surface area contributed by atoms with Crippen LogP contribution in [-0.2, 0) is 16.9 Å². The summed E-state index contributed by atoms with van der Waals surface area (Å²) >= 11 is 0. The third-order valence-electron chi connectivity index (χ3n) is 7.64. The first-order valence-electron chi connectivity index (χ1n) is 12.9. The molecule has 1 heterocycles. The number of benzene rings is 2. The zero-order chi connectivity index (χ0) is 25.8. The average Bonchev–Trinajstić information content (AvgIpc) is 3.69. The molecule has 0 unspecified atom stereocenters. The van der Waals surface area contributed by atoms with Gasteiger partial charge in [-0.05, 0) is 55.2 Å². The Balaban J connectivity index is 1.22. The molecule has 2 aliphatic carbocycles. The van der Waals surface area contributed by atoms with Crippen LogP contribution in [0.2, 0.25) is 0 Å². The fourth-order valence-electron chi connectivity index (χ4n) is 5.15. The molecule has 37 heavy (non-hydrogen) atoms. The molecule has 4 N–H and O–H groups in total. The Kier molecular flexibility index (Phi) is 7.06. The molecule has 5 rings (SSSR count). The van der Waals surface area contributed by atoms with E-state index in [-0.39, 0.29) is 29.6 Å². The van der Waals surface area contributed by atoms with Crippen molar-refractivity contribution >= 4 is 17.6 Å². The summed E-state index contributed by atoms with van der Waals surface area (Å²) in [6.07, 6.45) is 6.80. The van der Waals surface area contributed by atoms with Gasteiger partial charge in [0.1, 0.15) is 5.56 Å². The summed E-state index contributed by atoms with van der Waals surface area (Å²) in [5.74, 6) is -0.596. The molecule has 1 aromatic heterocycles. The second-order valence-electron chi connectivity index (χ2n) is 10.2. The highest BCUT2D eigenvalue weighted by molar-refractivity contribution is 6.02. The van der Waals surface area contributed by atoms with Gasteiger partial charge in [0.05, 0.1) is 18.0 Å². The topological polar surface area (TPSA) is 126 Å². The van der Waals surface area contributed by atoms with E-state index in [1.807, 2.05) is 18.2 Å². The summed E-state index contributed by atoms with van der Waals surface area (Å²) in [6.45, 7) is 0.774. The number of nitrogens with one attached hydrogen (secondary N) is 2. The zero-order valence-electron chi connectivity index (χ0n) is 20.8. The van der Waals surface area contributed by atoms with Gasteiger partial charge in [0.15, 0.2) is 5.82 Å². The molecule has 0 radical (unpaired) electrons. The molecule has 0 aliphatic heterocycles. The summed E-state index contributed by atoms with van der Waals surface area (Å²) in [5, 5.41) is 20.6. The molecule has 2 amide bonds. The van der Waals surface area contributed by atoms with Crippen molar-refractivity contribution in [2.24, 2.45) is 11.7 Å². The van der Waals surface area contributed by atoms with Crippen molar-refractivity contribution in [3.63, 3.8) is 0 Å². The Morgan fingerprint density at radius 3 is 2.32 bits per heavy atom. The standard InChI is InChI=1S/C29H32N6O2/c30-17-16-29(35-19-25(26(31)36)27(34-35)33-28(37)23-10-11-23)14-12-24(13-15-29)32-18-20-6-8-22(9-7-20)21-4-2-1-3-5-21/h1-9,19,23-24,32H,10-16,18H2,(H2,31,36)(H,33,34,37)/t24-,29+. The van der Waals surface area contributed by atoms with Crippen molar-refractivity contribution in [1.29, 1.82) is 5.26 Å². The fourth-order valence-corrected chi connectivity index (χ4v) is 5.15. The second-order valence-corrected chi connectivity index (χ2v) is 10.2. The van der Waals surface area contributed by atoms with Gasteiger partial charge < -0.3 is 16.4 Å². The van der Waals surface area contributed by atoms with Crippen molar-refractivity contribution in [3.05, 3.63) is 71.9 Å². The second kappa shape index (κ2) is 10.6. The van der Waals surface area contributed by atoms with Crippen LogP contribution < -0.4 is 16.4 Å². The van der Waals surface area contributed by atoms with E-state index in [9.17, 15) is 14.9 Å². The predicted octanol–water partition coefficient (Wildman–Crippen LogP) is 4.34. The molecule has 2 aliphatic rings. The van der Waals surface area contributed by atoms with E-state index in [0.29, 0.717) is 6.04 Å². The summed E-state index contributed by atoms with van der Waals surface area (Å²) < 4.78 is 1.71. The molecule has 0 spiro atoms. The lowest BCUT2D eigenvalue weighted by Gasteiger charge is -2.39. The van der Waals surface area contributed by atoms with Gasteiger partial charge in [0, 0.05) is 24.7 Å². The van der Waals surface area contributed by atoms with Gasteiger partial charge in [-0.15, -0.1) is 0 Å². The summed E-state index contributed by atoms with van der Waals surface area (Å²) in [5.41, 5.74) is 8.87. The number of aromatic nitrogens is 2. The number of hydrogen-bond acceptors (Lipinski definition) is 5. The van der Waals surface area contributed by atoms with Crippen molar-refractivity contribution in [3.8, 4) is 17.2 Å². The lowest BCUT2D eigenvalue weighted by molar-refractivity contribution is -0.117. The van der Waals surface area contributed by atoms with Crippen LogP contribution in [0.3, 0.4) is 0 Å². The van der Waals surface area contributed by atoms with Gasteiger partial charge >= 0.3 is 0 Å². The molecule has 0 saturated heterocycles. The molecule has 2 fully saturated rings. The molecular formula is C29H32N6O2. The van der Waals surface area contributed by atoms with Crippen molar-refractivity contribution in [2.45, 2.75) is 63.1 Å². The minimum Gasteiger partial charge on any atom is -0.365 e. The normalized spacial score (nSPS) is 21.2. The molecule has 0 atom stereocenters. The van der Waals surface area contributed by atoms with Gasteiger partial charge in [0.2, 0.25) is 5.91 Å². The molecule has 3 aromatic rings. The number of carbonyl (C=O) groups excluding carboxylic acids is 2. The molecule has 190 valence electrons. The van der Waals surface area contributed by atoms with Crippen LogP contribution in [0.1, 0.15) is 60.9 Å². The first-order chi connectivity index (χ1) is 18.0. The molecule has 2 saturated carbocycles. The maximum Gasteiger partial charge on any atom is 0.254 e. The number of primary amides is 1. The third-order valence-corrected chi connectivity index (χ3v) is 7.64.